The number of benzene rings is 1. The van der Waals surface area contributed by atoms with Crippen molar-refractivity contribution in [1.29, 1.82) is 0 Å². The maximum absolute atomic E-state index is 13.8. The molecule has 0 heterocycles. The molecule has 0 bridgehead atoms. The van der Waals surface area contributed by atoms with E-state index in [1.807, 2.05) is 0 Å². The molecule has 1 N–H and O–H groups in total. The van der Waals surface area contributed by atoms with Crippen molar-refractivity contribution in [2.24, 2.45) is 0 Å². The number of hydrogen-bond donors (Lipinski definition) is 1. The lowest BCUT2D eigenvalue weighted by atomic mass is 10.0. The summed E-state index contributed by atoms with van der Waals surface area (Å²) in [7, 11) is 0. The van der Waals surface area contributed by atoms with Crippen molar-refractivity contribution in [1.82, 2.24) is 5.32 Å². The molecule has 0 saturated heterocycles. The Bertz CT molecular complexity index is 429. The molecule has 1 aliphatic carbocycles. The van der Waals surface area contributed by atoms with Crippen molar-refractivity contribution < 1.29 is 17.6 Å². The Morgan fingerprint density at radius 2 is 2.00 bits per heavy atom. The fraction of sp³-hybridized carbons (Fsp3) is 0.500. The van der Waals surface area contributed by atoms with Crippen molar-refractivity contribution in [2.75, 3.05) is 0 Å². The second-order valence-electron chi connectivity index (χ2n) is 4.46. The van der Waals surface area contributed by atoms with Crippen molar-refractivity contribution in [3.8, 4) is 0 Å². The van der Waals surface area contributed by atoms with E-state index in [1.54, 1.807) is 6.07 Å². The Labute approximate surface area is 111 Å². The molecular formula is C12H12BrF4N. The van der Waals surface area contributed by atoms with Gasteiger partial charge < -0.3 is 5.32 Å². The molecule has 18 heavy (non-hydrogen) atoms. The van der Waals surface area contributed by atoms with E-state index in [0.29, 0.717) is 0 Å². The minimum atomic E-state index is -4.32. The number of nitrogens with one attached hydrogen (secondary N) is 1. The summed E-state index contributed by atoms with van der Waals surface area (Å²) in [5.74, 6) is -0.625. The normalized spacial score (nSPS) is 17.8. The predicted molar refractivity (Wildman–Crippen MR) is 63.7 cm³/mol. The van der Waals surface area contributed by atoms with Crippen LogP contribution in [0.3, 0.4) is 0 Å². The predicted octanol–water partition coefficient (Wildman–Crippen LogP) is 4.33. The lowest BCUT2D eigenvalue weighted by Gasteiger charge is -2.21. The van der Waals surface area contributed by atoms with Crippen LogP contribution in [0.2, 0.25) is 0 Å². The average molecular weight is 326 g/mol. The summed E-state index contributed by atoms with van der Waals surface area (Å²) in [5.41, 5.74) is 0.0635. The van der Waals surface area contributed by atoms with E-state index in [2.05, 4.69) is 21.2 Å². The van der Waals surface area contributed by atoms with Gasteiger partial charge in [0.1, 0.15) is 5.82 Å². The first-order chi connectivity index (χ1) is 8.37. The highest BCUT2D eigenvalue weighted by atomic mass is 79.9. The molecule has 0 radical (unpaired) electrons. The first kappa shape index (κ1) is 13.8. The van der Waals surface area contributed by atoms with Crippen molar-refractivity contribution in [3.05, 3.63) is 34.1 Å². The molecule has 0 amide bonds. The molecule has 1 nitrogen and oxygen atoms in total. The fourth-order valence-corrected chi connectivity index (χ4v) is 2.20. The van der Waals surface area contributed by atoms with Gasteiger partial charge in [-0.3, -0.25) is 0 Å². The van der Waals surface area contributed by atoms with Gasteiger partial charge in [0.05, 0.1) is 10.9 Å². The zero-order valence-electron chi connectivity index (χ0n) is 9.40. The number of rotatable bonds is 4. The summed E-state index contributed by atoms with van der Waals surface area (Å²) >= 11 is 2.99. The lowest BCUT2D eigenvalue weighted by molar-refractivity contribution is -0.140. The Balaban J connectivity index is 2.23. The Hall–Kier alpha value is -0.620. The largest absolute Gasteiger partial charge is 0.390 e. The maximum Gasteiger partial charge on any atom is 0.390 e. The third-order valence-corrected chi connectivity index (χ3v) is 3.42. The number of hydrogen-bond acceptors (Lipinski definition) is 1. The van der Waals surface area contributed by atoms with Crippen LogP contribution in [0, 0.1) is 5.82 Å². The van der Waals surface area contributed by atoms with Gasteiger partial charge in [-0.25, -0.2) is 4.39 Å². The zero-order chi connectivity index (χ0) is 13.3. The smallest absolute Gasteiger partial charge is 0.307 e. The highest BCUT2D eigenvalue weighted by molar-refractivity contribution is 9.10. The van der Waals surface area contributed by atoms with Gasteiger partial charge in [0.25, 0.3) is 0 Å². The first-order valence-corrected chi connectivity index (χ1v) is 6.43. The minimum Gasteiger partial charge on any atom is -0.307 e. The van der Waals surface area contributed by atoms with Crippen LogP contribution in [0.5, 0.6) is 0 Å². The van der Waals surface area contributed by atoms with E-state index in [0.717, 1.165) is 12.8 Å². The second kappa shape index (κ2) is 5.17. The summed E-state index contributed by atoms with van der Waals surface area (Å²) in [6.45, 7) is 0. The van der Waals surface area contributed by atoms with E-state index in [-0.39, 0.29) is 16.1 Å². The molecule has 1 fully saturated rings. The molecular weight excluding hydrogens is 314 g/mol. The SMILES string of the molecule is Fc1c(Br)cccc1C(CC(F)(F)F)NC1CC1. The van der Waals surface area contributed by atoms with Crippen LogP contribution in [0.1, 0.15) is 30.9 Å². The van der Waals surface area contributed by atoms with Gasteiger partial charge in [0.2, 0.25) is 0 Å². The van der Waals surface area contributed by atoms with E-state index in [9.17, 15) is 17.6 Å². The van der Waals surface area contributed by atoms with Crippen LogP contribution in [0.4, 0.5) is 17.6 Å². The molecule has 2 rings (SSSR count). The molecule has 1 saturated carbocycles. The van der Waals surface area contributed by atoms with Gasteiger partial charge in [-0.05, 0) is 34.8 Å². The molecule has 1 aliphatic rings. The van der Waals surface area contributed by atoms with Gasteiger partial charge in [-0.2, -0.15) is 13.2 Å². The van der Waals surface area contributed by atoms with E-state index in [1.165, 1.54) is 12.1 Å². The van der Waals surface area contributed by atoms with Crippen LogP contribution < -0.4 is 5.32 Å². The average Bonchev–Trinajstić information content (AvgIpc) is 3.03. The molecule has 1 unspecified atom stereocenters. The molecule has 1 aromatic rings. The molecule has 0 aromatic heterocycles. The Kier molecular flexibility index (Phi) is 3.96. The van der Waals surface area contributed by atoms with Gasteiger partial charge in [-0.1, -0.05) is 12.1 Å². The van der Waals surface area contributed by atoms with Gasteiger partial charge in [0, 0.05) is 17.6 Å². The van der Waals surface area contributed by atoms with Crippen LogP contribution in [-0.4, -0.2) is 12.2 Å². The molecule has 100 valence electrons. The zero-order valence-corrected chi connectivity index (χ0v) is 11.0. The third-order valence-electron chi connectivity index (χ3n) is 2.81. The van der Waals surface area contributed by atoms with Crippen molar-refractivity contribution in [2.45, 2.75) is 37.5 Å². The molecule has 1 atom stereocenters. The van der Waals surface area contributed by atoms with Crippen molar-refractivity contribution >= 4 is 15.9 Å². The quantitative estimate of drug-likeness (QED) is 0.812. The number of halogens is 5. The standard InChI is InChI=1S/C12H12BrF4N/c13-9-3-1-2-8(11(9)14)10(6-12(15,16)17)18-7-4-5-7/h1-3,7,10,18H,4-6H2. The topological polar surface area (TPSA) is 12.0 Å². The summed E-state index contributed by atoms with van der Waals surface area (Å²) in [5, 5.41) is 2.85. The Morgan fingerprint density at radius 1 is 1.33 bits per heavy atom. The minimum absolute atomic E-state index is 0.0635. The van der Waals surface area contributed by atoms with E-state index < -0.39 is 24.5 Å². The third kappa shape index (κ3) is 3.68. The summed E-state index contributed by atoms with van der Waals surface area (Å²) in [6, 6.07) is 3.47. The summed E-state index contributed by atoms with van der Waals surface area (Å²) < 4.78 is 51.6. The summed E-state index contributed by atoms with van der Waals surface area (Å²) in [4.78, 5) is 0. The highest BCUT2D eigenvalue weighted by Gasteiger charge is 2.36. The fourth-order valence-electron chi connectivity index (χ4n) is 1.81. The lowest BCUT2D eigenvalue weighted by Crippen LogP contribution is -2.29. The molecule has 0 aliphatic heterocycles. The van der Waals surface area contributed by atoms with Gasteiger partial charge in [0.15, 0.2) is 0 Å². The summed E-state index contributed by atoms with van der Waals surface area (Å²) in [6.07, 6.45) is -3.67. The van der Waals surface area contributed by atoms with Gasteiger partial charge >= 0.3 is 6.18 Å². The second-order valence-corrected chi connectivity index (χ2v) is 5.31. The van der Waals surface area contributed by atoms with Crippen LogP contribution >= 0.6 is 15.9 Å². The molecule has 1 aromatic carbocycles. The first-order valence-electron chi connectivity index (χ1n) is 5.63. The molecule has 6 heteroatoms. The number of alkyl halides is 3. The van der Waals surface area contributed by atoms with Gasteiger partial charge in [-0.15, -0.1) is 0 Å². The monoisotopic (exact) mass is 325 g/mol. The van der Waals surface area contributed by atoms with Crippen LogP contribution in [0.15, 0.2) is 22.7 Å². The Morgan fingerprint density at radius 3 is 2.56 bits per heavy atom. The van der Waals surface area contributed by atoms with E-state index >= 15 is 0 Å². The van der Waals surface area contributed by atoms with Crippen LogP contribution in [-0.2, 0) is 0 Å². The maximum atomic E-state index is 13.8. The van der Waals surface area contributed by atoms with E-state index in [4.69, 9.17) is 0 Å². The van der Waals surface area contributed by atoms with Crippen LogP contribution in [0.25, 0.3) is 0 Å². The molecule has 0 spiro atoms. The van der Waals surface area contributed by atoms with Crippen molar-refractivity contribution in [3.63, 3.8) is 0 Å². The highest BCUT2D eigenvalue weighted by Crippen LogP contribution is 2.35.